The Morgan fingerprint density at radius 3 is 2.14 bits per heavy atom. The molecule has 0 heterocycles. The molecule has 7 heavy (non-hydrogen) atoms. The van der Waals surface area contributed by atoms with Crippen molar-refractivity contribution >= 4 is 0 Å². The van der Waals surface area contributed by atoms with E-state index >= 15 is 0 Å². The van der Waals surface area contributed by atoms with Crippen LogP contribution in [0.15, 0.2) is 0 Å². The highest BCUT2D eigenvalue weighted by molar-refractivity contribution is 4.64. The first-order valence-corrected chi connectivity index (χ1v) is 2.29. The summed E-state index contributed by atoms with van der Waals surface area (Å²) >= 11 is 0. The fraction of sp³-hybridized carbons (Fsp3) is 0.800. The van der Waals surface area contributed by atoms with Crippen molar-refractivity contribution in [2.24, 2.45) is 0 Å². The van der Waals surface area contributed by atoms with E-state index in [2.05, 4.69) is 6.92 Å². The van der Waals surface area contributed by atoms with Gasteiger partial charge in [-0.1, -0.05) is 0 Å². The first-order chi connectivity index (χ1) is 3.18. The van der Waals surface area contributed by atoms with Crippen molar-refractivity contribution in [1.82, 2.24) is 4.90 Å². The maximum Gasteiger partial charge on any atom is 0.0586 e. The zero-order chi connectivity index (χ0) is 5.86. The number of hydrogen-bond acceptors (Lipinski definition) is 2. The summed E-state index contributed by atoms with van der Waals surface area (Å²) in [5, 5.41) is 8.40. The molecule has 1 atom stereocenters. The second kappa shape index (κ2) is 2.99. The molecule has 0 aromatic heterocycles. The van der Waals surface area contributed by atoms with Gasteiger partial charge in [0.1, 0.15) is 0 Å². The molecule has 0 bridgehead atoms. The van der Waals surface area contributed by atoms with E-state index in [4.69, 9.17) is 5.11 Å². The summed E-state index contributed by atoms with van der Waals surface area (Å²) < 4.78 is 0. The van der Waals surface area contributed by atoms with E-state index in [9.17, 15) is 0 Å². The van der Waals surface area contributed by atoms with Crippen molar-refractivity contribution in [1.29, 1.82) is 0 Å². The predicted octanol–water partition coefficient (Wildman–Crippen LogP) is -0.257. The van der Waals surface area contributed by atoms with E-state index in [0.717, 1.165) is 0 Å². The highest BCUT2D eigenvalue weighted by Gasteiger charge is 1.98. The molecule has 0 spiro atoms. The maximum absolute atomic E-state index is 8.40. The van der Waals surface area contributed by atoms with Crippen molar-refractivity contribution in [3.8, 4) is 0 Å². The topological polar surface area (TPSA) is 23.5 Å². The Kier molecular flexibility index (Phi) is 2.96. The summed E-state index contributed by atoms with van der Waals surface area (Å²) in [6, 6.07) is 0.0417. The second-order valence-corrected chi connectivity index (χ2v) is 1.80. The maximum atomic E-state index is 8.40. The van der Waals surface area contributed by atoms with Crippen LogP contribution in [0.4, 0.5) is 0 Å². The minimum Gasteiger partial charge on any atom is -0.395 e. The zero-order valence-electron chi connectivity index (χ0n) is 4.89. The van der Waals surface area contributed by atoms with Gasteiger partial charge in [0.2, 0.25) is 0 Å². The minimum atomic E-state index is 0.0417. The van der Waals surface area contributed by atoms with Crippen LogP contribution in [-0.4, -0.2) is 36.8 Å². The molecule has 2 heteroatoms. The van der Waals surface area contributed by atoms with Crippen LogP contribution >= 0.6 is 0 Å². The average molecular weight is 102 g/mol. The SMILES string of the molecule is [CH2]C(CO)N(C)C. The van der Waals surface area contributed by atoms with Crippen LogP contribution in [0.3, 0.4) is 0 Å². The van der Waals surface area contributed by atoms with Gasteiger partial charge in [0.05, 0.1) is 6.61 Å². The third-order valence-corrected chi connectivity index (χ3v) is 0.941. The van der Waals surface area contributed by atoms with Crippen molar-refractivity contribution < 1.29 is 5.11 Å². The Balaban J connectivity index is 3.14. The Labute approximate surface area is 44.8 Å². The van der Waals surface area contributed by atoms with Crippen molar-refractivity contribution in [3.63, 3.8) is 0 Å². The first kappa shape index (κ1) is 6.92. The zero-order valence-corrected chi connectivity index (χ0v) is 4.89. The average Bonchev–Trinajstić information content (AvgIpc) is 1.65. The Morgan fingerprint density at radius 1 is 1.71 bits per heavy atom. The van der Waals surface area contributed by atoms with E-state index in [1.807, 2.05) is 19.0 Å². The number of likely N-dealkylation sites (N-methyl/N-ethyl adjacent to an activating group) is 1. The van der Waals surface area contributed by atoms with Crippen LogP contribution in [0.1, 0.15) is 0 Å². The molecule has 1 radical (unpaired) electrons. The number of hydrogen-bond donors (Lipinski definition) is 1. The summed E-state index contributed by atoms with van der Waals surface area (Å²) in [4.78, 5) is 1.86. The Bertz CT molecular complexity index is 45.3. The van der Waals surface area contributed by atoms with Gasteiger partial charge in [-0.3, -0.25) is 0 Å². The molecule has 0 fully saturated rings. The van der Waals surface area contributed by atoms with Crippen LogP contribution in [0.25, 0.3) is 0 Å². The summed E-state index contributed by atoms with van der Waals surface area (Å²) in [7, 11) is 3.77. The summed E-state index contributed by atoms with van der Waals surface area (Å²) in [5.74, 6) is 0. The smallest absolute Gasteiger partial charge is 0.0586 e. The normalized spacial score (nSPS) is 15.0. The number of nitrogens with zero attached hydrogens (tertiary/aromatic N) is 1. The van der Waals surface area contributed by atoms with Crippen LogP contribution in [-0.2, 0) is 0 Å². The molecule has 0 aromatic carbocycles. The molecule has 2 nitrogen and oxygen atoms in total. The Hall–Kier alpha value is -0.0800. The molecular formula is C5H12NO. The summed E-state index contributed by atoms with van der Waals surface area (Å²) in [6.45, 7) is 3.76. The van der Waals surface area contributed by atoms with Gasteiger partial charge in [0.15, 0.2) is 0 Å². The van der Waals surface area contributed by atoms with Gasteiger partial charge in [-0.25, -0.2) is 0 Å². The largest absolute Gasteiger partial charge is 0.395 e. The van der Waals surface area contributed by atoms with E-state index < -0.39 is 0 Å². The first-order valence-electron chi connectivity index (χ1n) is 2.29. The van der Waals surface area contributed by atoms with Gasteiger partial charge in [0, 0.05) is 6.04 Å². The molecular weight excluding hydrogens is 90.1 g/mol. The standard InChI is InChI=1S/C5H12NO/c1-5(4-7)6(2)3/h5,7H,1,4H2,2-3H3. The number of rotatable bonds is 2. The predicted molar refractivity (Wildman–Crippen MR) is 29.9 cm³/mol. The van der Waals surface area contributed by atoms with E-state index in [1.165, 1.54) is 0 Å². The molecule has 0 saturated carbocycles. The van der Waals surface area contributed by atoms with E-state index in [-0.39, 0.29) is 12.6 Å². The van der Waals surface area contributed by atoms with Crippen molar-refractivity contribution in [3.05, 3.63) is 6.92 Å². The van der Waals surface area contributed by atoms with Crippen LogP contribution in [0.2, 0.25) is 0 Å². The lowest BCUT2D eigenvalue weighted by atomic mass is 10.3. The third kappa shape index (κ3) is 2.60. The molecule has 1 N–H and O–H groups in total. The fourth-order valence-electron chi connectivity index (χ4n) is 0.163. The van der Waals surface area contributed by atoms with Gasteiger partial charge >= 0.3 is 0 Å². The molecule has 1 unspecified atom stereocenters. The van der Waals surface area contributed by atoms with Crippen molar-refractivity contribution in [2.45, 2.75) is 6.04 Å². The van der Waals surface area contributed by atoms with Gasteiger partial charge in [-0.05, 0) is 21.0 Å². The quantitative estimate of drug-likeness (QED) is 0.519. The highest BCUT2D eigenvalue weighted by atomic mass is 16.3. The fourth-order valence-corrected chi connectivity index (χ4v) is 0.163. The third-order valence-electron chi connectivity index (χ3n) is 0.941. The van der Waals surface area contributed by atoms with Gasteiger partial charge in [0.25, 0.3) is 0 Å². The number of aliphatic hydroxyl groups excluding tert-OH is 1. The van der Waals surface area contributed by atoms with E-state index in [0.29, 0.717) is 0 Å². The lowest BCUT2D eigenvalue weighted by molar-refractivity contribution is 0.198. The van der Waals surface area contributed by atoms with Crippen molar-refractivity contribution in [2.75, 3.05) is 20.7 Å². The highest BCUT2D eigenvalue weighted by Crippen LogP contribution is 1.85. The van der Waals surface area contributed by atoms with Gasteiger partial charge in [-0.2, -0.15) is 0 Å². The molecule has 0 saturated heterocycles. The lowest BCUT2D eigenvalue weighted by Crippen LogP contribution is -2.27. The molecule has 0 rings (SSSR count). The molecule has 0 amide bonds. The molecule has 0 aromatic rings. The minimum absolute atomic E-state index is 0.0417. The lowest BCUT2D eigenvalue weighted by Gasteiger charge is -2.15. The Morgan fingerprint density at radius 2 is 2.14 bits per heavy atom. The van der Waals surface area contributed by atoms with Crippen LogP contribution in [0.5, 0.6) is 0 Å². The second-order valence-electron chi connectivity index (χ2n) is 1.80. The number of aliphatic hydroxyl groups is 1. The van der Waals surface area contributed by atoms with Gasteiger partial charge in [-0.15, -0.1) is 0 Å². The van der Waals surface area contributed by atoms with Crippen LogP contribution in [0, 0.1) is 6.92 Å². The monoisotopic (exact) mass is 102 g/mol. The molecule has 0 aliphatic rings. The van der Waals surface area contributed by atoms with Crippen LogP contribution < -0.4 is 0 Å². The molecule has 43 valence electrons. The van der Waals surface area contributed by atoms with E-state index in [1.54, 1.807) is 0 Å². The molecule has 0 aliphatic carbocycles. The van der Waals surface area contributed by atoms with Gasteiger partial charge < -0.3 is 10.0 Å². The molecule has 0 aliphatic heterocycles. The summed E-state index contributed by atoms with van der Waals surface area (Å²) in [5.41, 5.74) is 0. The summed E-state index contributed by atoms with van der Waals surface area (Å²) in [6.07, 6.45) is 0.